The first-order chi connectivity index (χ1) is 23.8. The van der Waals surface area contributed by atoms with Crippen LogP contribution in [0.1, 0.15) is 194 Å². The van der Waals surface area contributed by atoms with Crippen molar-refractivity contribution in [2.75, 3.05) is 19.8 Å². The molecule has 0 saturated heterocycles. The number of ether oxygens (including phenoxy) is 2. The monoisotopic (exact) mass is 715 g/mol. The van der Waals surface area contributed by atoms with Crippen molar-refractivity contribution in [3.63, 3.8) is 0 Å². The van der Waals surface area contributed by atoms with E-state index in [0.717, 1.165) is 57.8 Å². The lowest BCUT2D eigenvalue weighted by Gasteiger charge is -2.20. The Morgan fingerprint density at radius 2 is 1.00 bits per heavy atom. The van der Waals surface area contributed by atoms with Crippen LogP contribution in [0.2, 0.25) is 0 Å². The molecular formula is C40H75O8P. The Labute approximate surface area is 301 Å². The minimum Gasteiger partial charge on any atom is -0.462 e. The fourth-order valence-electron chi connectivity index (χ4n) is 5.41. The lowest BCUT2D eigenvalue weighted by Crippen LogP contribution is -2.29. The van der Waals surface area contributed by atoms with Crippen LogP contribution in [0.15, 0.2) is 24.3 Å². The van der Waals surface area contributed by atoms with Crippen molar-refractivity contribution < 1.29 is 37.6 Å². The van der Waals surface area contributed by atoms with E-state index in [4.69, 9.17) is 18.5 Å². The number of rotatable bonds is 37. The second kappa shape index (κ2) is 36.3. The number of esters is 2. The maximum atomic E-state index is 12.5. The van der Waals surface area contributed by atoms with Crippen LogP contribution in [0.3, 0.4) is 0 Å². The number of carbonyl (C=O) groups excluding carboxylic acids is 2. The van der Waals surface area contributed by atoms with Crippen molar-refractivity contribution in [3.05, 3.63) is 24.3 Å². The molecule has 0 heterocycles. The van der Waals surface area contributed by atoms with Gasteiger partial charge in [0.2, 0.25) is 0 Å². The standard InChI is InChI=1S/C40H75O8P/c1-4-7-9-11-13-15-17-19-20-22-24-26-28-30-32-34-40(42)48-38(37-47-49(43,44)46-35-6-3)36-45-39(41)33-31-29-27-25-23-21-18-16-14-12-10-8-5-2/h13,15,19-20,38H,4-12,14,16-18,21-37H2,1-3H3,(H,43,44)/b15-13-,20-19-/t38-/m1/s1. The quantitative estimate of drug-likeness (QED) is 0.0293. The number of hydrogen-bond donors (Lipinski definition) is 1. The molecule has 0 saturated carbocycles. The Bertz CT molecular complexity index is 859. The third-order valence-electron chi connectivity index (χ3n) is 8.43. The molecule has 0 aromatic rings. The highest BCUT2D eigenvalue weighted by molar-refractivity contribution is 7.47. The summed E-state index contributed by atoms with van der Waals surface area (Å²) in [6.07, 6.45) is 37.1. The zero-order valence-electron chi connectivity index (χ0n) is 31.9. The number of carbonyl (C=O) groups is 2. The van der Waals surface area contributed by atoms with E-state index in [1.165, 1.54) is 89.9 Å². The topological polar surface area (TPSA) is 108 Å². The third kappa shape index (κ3) is 36.1. The summed E-state index contributed by atoms with van der Waals surface area (Å²) < 4.78 is 32.9. The molecule has 9 heteroatoms. The maximum Gasteiger partial charge on any atom is 0.472 e. The maximum absolute atomic E-state index is 12.5. The van der Waals surface area contributed by atoms with Crippen molar-refractivity contribution in [1.29, 1.82) is 0 Å². The largest absolute Gasteiger partial charge is 0.472 e. The minimum absolute atomic E-state index is 0.0686. The summed E-state index contributed by atoms with van der Waals surface area (Å²) in [6, 6.07) is 0. The second-order valence-corrected chi connectivity index (χ2v) is 14.8. The van der Waals surface area contributed by atoms with Crippen LogP contribution in [0.5, 0.6) is 0 Å². The van der Waals surface area contributed by atoms with Crippen LogP contribution in [0.25, 0.3) is 0 Å². The van der Waals surface area contributed by atoms with E-state index in [9.17, 15) is 19.0 Å². The second-order valence-electron chi connectivity index (χ2n) is 13.4. The smallest absolute Gasteiger partial charge is 0.462 e. The van der Waals surface area contributed by atoms with Crippen molar-refractivity contribution >= 4 is 19.8 Å². The lowest BCUT2D eigenvalue weighted by molar-refractivity contribution is -0.161. The van der Waals surface area contributed by atoms with Gasteiger partial charge in [-0.25, -0.2) is 4.57 Å². The molecule has 1 unspecified atom stereocenters. The molecule has 0 spiro atoms. The Hall–Kier alpha value is -1.47. The van der Waals surface area contributed by atoms with E-state index in [2.05, 4.69) is 38.2 Å². The molecule has 0 aliphatic heterocycles. The fraction of sp³-hybridized carbons (Fsp3) is 0.850. The van der Waals surface area contributed by atoms with Gasteiger partial charge in [-0.3, -0.25) is 18.6 Å². The Morgan fingerprint density at radius 1 is 0.551 bits per heavy atom. The van der Waals surface area contributed by atoms with E-state index in [0.29, 0.717) is 19.3 Å². The first kappa shape index (κ1) is 47.5. The van der Waals surface area contributed by atoms with E-state index in [-0.39, 0.29) is 25.6 Å². The molecule has 0 aliphatic rings. The highest BCUT2D eigenvalue weighted by Crippen LogP contribution is 2.43. The third-order valence-corrected chi connectivity index (χ3v) is 9.41. The van der Waals surface area contributed by atoms with Crippen molar-refractivity contribution in [3.8, 4) is 0 Å². The van der Waals surface area contributed by atoms with E-state index in [1.807, 2.05) is 6.92 Å². The van der Waals surface area contributed by atoms with E-state index >= 15 is 0 Å². The Balaban J connectivity index is 4.22. The summed E-state index contributed by atoms with van der Waals surface area (Å²) >= 11 is 0. The predicted octanol–water partition coefficient (Wildman–Crippen LogP) is 12.3. The lowest BCUT2D eigenvalue weighted by atomic mass is 10.0. The molecule has 0 aliphatic carbocycles. The predicted molar refractivity (Wildman–Crippen MR) is 203 cm³/mol. The molecule has 0 bridgehead atoms. The first-order valence-corrected chi connectivity index (χ1v) is 21.6. The fourth-order valence-corrected chi connectivity index (χ4v) is 6.25. The molecular weight excluding hydrogens is 639 g/mol. The molecule has 49 heavy (non-hydrogen) atoms. The zero-order chi connectivity index (χ0) is 36.1. The zero-order valence-corrected chi connectivity index (χ0v) is 32.7. The summed E-state index contributed by atoms with van der Waals surface area (Å²) in [6.45, 7) is 5.74. The summed E-state index contributed by atoms with van der Waals surface area (Å²) in [7, 11) is -4.29. The molecule has 288 valence electrons. The molecule has 2 atom stereocenters. The molecule has 0 aromatic carbocycles. The van der Waals surface area contributed by atoms with Crippen LogP contribution in [0, 0.1) is 0 Å². The Kier molecular flexibility index (Phi) is 35.2. The van der Waals surface area contributed by atoms with Crippen LogP contribution in [0.4, 0.5) is 0 Å². The van der Waals surface area contributed by atoms with Gasteiger partial charge in [0.1, 0.15) is 6.61 Å². The number of unbranched alkanes of at least 4 members (excludes halogenated alkanes) is 20. The SMILES string of the molecule is CCCCC/C=C\C/C=C\CCCCCCCC(=O)O[C@H](COC(=O)CCCCCCCCCCCCCCC)COP(=O)(O)OCCC. The highest BCUT2D eigenvalue weighted by atomic mass is 31.2. The summed E-state index contributed by atoms with van der Waals surface area (Å²) in [4.78, 5) is 34.8. The molecule has 8 nitrogen and oxygen atoms in total. The highest BCUT2D eigenvalue weighted by Gasteiger charge is 2.25. The first-order valence-electron chi connectivity index (χ1n) is 20.1. The van der Waals surface area contributed by atoms with Crippen LogP contribution in [-0.2, 0) is 32.7 Å². The number of allylic oxidation sites excluding steroid dienone is 4. The van der Waals surface area contributed by atoms with Crippen LogP contribution < -0.4 is 0 Å². The molecule has 0 fully saturated rings. The van der Waals surface area contributed by atoms with E-state index in [1.54, 1.807) is 0 Å². The molecule has 0 aromatic heterocycles. The Morgan fingerprint density at radius 3 is 1.53 bits per heavy atom. The van der Waals surface area contributed by atoms with Crippen molar-refractivity contribution in [2.45, 2.75) is 200 Å². The van der Waals surface area contributed by atoms with Gasteiger partial charge in [0.05, 0.1) is 13.2 Å². The number of phosphoric acid groups is 1. The molecule has 1 N–H and O–H groups in total. The van der Waals surface area contributed by atoms with Gasteiger partial charge in [-0.2, -0.15) is 0 Å². The number of phosphoric ester groups is 1. The number of hydrogen-bond acceptors (Lipinski definition) is 7. The average Bonchev–Trinajstić information content (AvgIpc) is 3.08. The van der Waals surface area contributed by atoms with Gasteiger partial charge in [0.25, 0.3) is 0 Å². The molecule has 0 amide bonds. The van der Waals surface area contributed by atoms with Crippen molar-refractivity contribution in [2.24, 2.45) is 0 Å². The van der Waals surface area contributed by atoms with Crippen molar-refractivity contribution in [1.82, 2.24) is 0 Å². The van der Waals surface area contributed by atoms with Gasteiger partial charge in [-0.15, -0.1) is 0 Å². The van der Waals surface area contributed by atoms with Crippen LogP contribution in [-0.4, -0.2) is 42.8 Å². The minimum atomic E-state index is -4.29. The van der Waals surface area contributed by atoms with Gasteiger partial charge in [0.15, 0.2) is 6.10 Å². The normalized spacial score (nSPS) is 13.6. The van der Waals surface area contributed by atoms with Crippen LogP contribution >= 0.6 is 7.82 Å². The summed E-state index contributed by atoms with van der Waals surface area (Å²) in [5.74, 6) is -0.804. The van der Waals surface area contributed by atoms with E-state index < -0.39 is 26.5 Å². The van der Waals surface area contributed by atoms with Gasteiger partial charge < -0.3 is 14.4 Å². The summed E-state index contributed by atoms with van der Waals surface area (Å²) in [5, 5.41) is 0. The van der Waals surface area contributed by atoms with Gasteiger partial charge >= 0.3 is 19.8 Å². The van der Waals surface area contributed by atoms with Gasteiger partial charge in [-0.1, -0.05) is 154 Å². The molecule has 0 rings (SSSR count). The average molecular weight is 715 g/mol. The van der Waals surface area contributed by atoms with Gasteiger partial charge in [0, 0.05) is 12.8 Å². The molecule has 0 radical (unpaired) electrons. The summed E-state index contributed by atoms with van der Waals surface area (Å²) in [5.41, 5.74) is 0. The van der Waals surface area contributed by atoms with Gasteiger partial charge in [-0.05, 0) is 51.4 Å².